The minimum Gasteiger partial charge on any atom is -0.396 e. The first-order valence-corrected chi connectivity index (χ1v) is 8.06. The Bertz CT molecular complexity index is 571. The number of aryl methyl sites for hydroxylation is 2. The van der Waals surface area contributed by atoms with E-state index in [0.29, 0.717) is 32.7 Å². The van der Waals surface area contributed by atoms with Crippen LogP contribution in [0.4, 0.5) is 0 Å². The van der Waals surface area contributed by atoms with Crippen molar-refractivity contribution in [3.8, 4) is 0 Å². The Hall–Kier alpha value is -1.39. The molecule has 2 saturated heterocycles. The van der Waals surface area contributed by atoms with E-state index in [1.807, 2.05) is 4.90 Å². The lowest BCUT2D eigenvalue weighted by atomic mass is 9.75. The summed E-state index contributed by atoms with van der Waals surface area (Å²) in [5.74, 6) is 0.435. The quantitative estimate of drug-likeness (QED) is 0.925. The molecule has 0 unspecified atom stereocenters. The van der Waals surface area contributed by atoms with E-state index in [4.69, 9.17) is 4.74 Å². The number of hydrogen-bond donors (Lipinski definition) is 1. The number of hydrogen-bond acceptors (Lipinski definition) is 3. The third-order valence-electron chi connectivity index (χ3n) is 5.39. The van der Waals surface area contributed by atoms with Crippen molar-refractivity contribution in [2.75, 3.05) is 32.9 Å². The molecular weight excluding hydrogens is 278 g/mol. The molecule has 0 aliphatic carbocycles. The van der Waals surface area contributed by atoms with E-state index in [1.165, 1.54) is 5.56 Å². The summed E-state index contributed by atoms with van der Waals surface area (Å²) < 4.78 is 5.54. The van der Waals surface area contributed by atoms with Gasteiger partial charge in [0.25, 0.3) is 0 Å². The van der Waals surface area contributed by atoms with Gasteiger partial charge in [-0.25, -0.2) is 0 Å². The first kappa shape index (κ1) is 15.5. The van der Waals surface area contributed by atoms with Crippen molar-refractivity contribution < 1.29 is 14.6 Å². The molecule has 120 valence electrons. The Balaban J connectivity index is 1.72. The predicted molar refractivity (Wildman–Crippen MR) is 84.6 cm³/mol. The first-order chi connectivity index (χ1) is 10.5. The summed E-state index contributed by atoms with van der Waals surface area (Å²) in [4.78, 5) is 14.6. The number of benzene rings is 1. The fourth-order valence-electron chi connectivity index (χ4n) is 3.76. The monoisotopic (exact) mass is 303 g/mol. The number of aliphatic hydroxyl groups is 1. The van der Waals surface area contributed by atoms with E-state index in [-0.39, 0.29) is 23.8 Å². The van der Waals surface area contributed by atoms with Crippen molar-refractivity contribution in [3.63, 3.8) is 0 Å². The summed E-state index contributed by atoms with van der Waals surface area (Å²) in [5, 5.41) is 9.83. The Kier molecular flexibility index (Phi) is 4.24. The second kappa shape index (κ2) is 6.01. The van der Waals surface area contributed by atoms with Crippen LogP contribution in [-0.2, 0) is 16.0 Å². The maximum Gasteiger partial charge on any atom is 0.227 e. The molecule has 2 aliphatic heterocycles. The molecule has 22 heavy (non-hydrogen) atoms. The van der Waals surface area contributed by atoms with Gasteiger partial charge in [-0.3, -0.25) is 4.79 Å². The highest BCUT2D eigenvalue weighted by molar-refractivity contribution is 5.79. The molecule has 4 heteroatoms. The van der Waals surface area contributed by atoms with E-state index in [0.717, 1.165) is 17.5 Å². The van der Waals surface area contributed by atoms with Gasteiger partial charge in [0.05, 0.1) is 19.6 Å². The number of ether oxygens (including phenoxy) is 1. The normalized spacial score (nSPS) is 27.8. The van der Waals surface area contributed by atoms with E-state index >= 15 is 0 Å². The lowest BCUT2D eigenvalue weighted by Crippen LogP contribution is -2.41. The van der Waals surface area contributed by atoms with Gasteiger partial charge in [-0.05, 0) is 31.4 Å². The number of aliphatic hydroxyl groups excluding tert-OH is 1. The number of amides is 1. The van der Waals surface area contributed by atoms with Gasteiger partial charge in [-0.15, -0.1) is 0 Å². The number of likely N-dealkylation sites (tertiary alicyclic amines) is 1. The zero-order valence-corrected chi connectivity index (χ0v) is 13.5. The molecule has 2 heterocycles. The van der Waals surface area contributed by atoms with Gasteiger partial charge in [0.1, 0.15) is 0 Å². The molecule has 2 fully saturated rings. The molecule has 1 aromatic carbocycles. The summed E-state index contributed by atoms with van der Waals surface area (Å²) in [7, 11) is 0. The molecule has 1 aromatic rings. The van der Waals surface area contributed by atoms with Gasteiger partial charge >= 0.3 is 0 Å². The van der Waals surface area contributed by atoms with Gasteiger partial charge in [0.2, 0.25) is 5.91 Å². The van der Waals surface area contributed by atoms with Crippen LogP contribution in [0.15, 0.2) is 18.2 Å². The molecule has 2 atom stereocenters. The van der Waals surface area contributed by atoms with Crippen LogP contribution in [0.2, 0.25) is 0 Å². The maximum absolute atomic E-state index is 12.7. The van der Waals surface area contributed by atoms with Crippen molar-refractivity contribution in [2.24, 2.45) is 11.3 Å². The standard InChI is InChI=1S/C18H25NO3/c1-13-3-4-14(2)15(7-13)8-17(21)19-9-16-10-22-6-5-18(16,11-19)12-20/h3-4,7,16,20H,5-6,8-12H2,1-2H3/t16-,18-/m1/s1. The predicted octanol–water partition coefficient (Wildman–Crippen LogP) is 1.70. The summed E-state index contributed by atoms with van der Waals surface area (Å²) >= 11 is 0. The summed E-state index contributed by atoms with van der Waals surface area (Å²) in [6.07, 6.45) is 1.30. The molecule has 0 radical (unpaired) electrons. The third-order valence-corrected chi connectivity index (χ3v) is 5.39. The Morgan fingerprint density at radius 1 is 1.45 bits per heavy atom. The third kappa shape index (κ3) is 2.77. The van der Waals surface area contributed by atoms with E-state index in [9.17, 15) is 9.90 Å². The van der Waals surface area contributed by atoms with Gasteiger partial charge in [-0.1, -0.05) is 23.8 Å². The first-order valence-electron chi connectivity index (χ1n) is 8.06. The van der Waals surface area contributed by atoms with Crippen LogP contribution in [0.3, 0.4) is 0 Å². The molecule has 0 bridgehead atoms. The number of carbonyl (C=O) groups is 1. The highest BCUT2D eigenvalue weighted by atomic mass is 16.5. The van der Waals surface area contributed by atoms with Crippen molar-refractivity contribution in [1.29, 1.82) is 0 Å². The van der Waals surface area contributed by atoms with Crippen molar-refractivity contribution in [3.05, 3.63) is 34.9 Å². The summed E-state index contributed by atoms with van der Waals surface area (Å²) in [6.45, 7) is 6.98. The Morgan fingerprint density at radius 2 is 2.27 bits per heavy atom. The van der Waals surface area contributed by atoms with E-state index in [2.05, 4.69) is 32.0 Å². The highest BCUT2D eigenvalue weighted by Gasteiger charge is 2.49. The van der Waals surface area contributed by atoms with Gasteiger partial charge in [-0.2, -0.15) is 0 Å². The number of nitrogens with zero attached hydrogens (tertiary/aromatic N) is 1. The minimum absolute atomic E-state index is 0.143. The molecule has 3 rings (SSSR count). The van der Waals surface area contributed by atoms with Crippen LogP contribution >= 0.6 is 0 Å². The Labute approximate surface area is 132 Å². The molecule has 1 amide bonds. The fraction of sp³-hybridized carbons (Fsp3) is 0.611. The summed E-state index contributed by atoms with van der Waals surface area (Å²) in [6, 6.07) is 6.25. The lowest BCUT2D eigenvalue weighted by molar-refractivity contribution is -0.130. The van der Waals surface area contributed by atoms with Crippen molar-refractivity contribution >= 4 is 5.91 Å². The van der Waals surface area contributed by atoms with Crippen molar-refractivity contribution in [2.45, 2.75) is 26.7 Å². The number of carbonyl (C=O) groups excluding carboxylic acids is 1. The number of fused-ring (bicyclic) bond motifs is 1. The summed E-state index contributed by atoms with van der Waals surface area (Å²) in [5.41, 5.74) is 3.31. The molecule has 0 aromatic heterocycles. The van der Waals surface area contributed by atoms with Gasteiger partial charge in [0.15, 0.2) is 0 Å². The number of rotatable bonds is 3. The minimum atomic E-state index is -0.143. The molecular formula is C18H25NO3. The molecule has 1 N–H and O–H groups in total. The van der Waals surface area contributed by atoms with E-state index in [1.54, 1.807) is 0 Å². The zero-order valence-electron chi connectivity index (χ0n) is 13.5. The van der Waals surface area contributed by atoms with E-state index < -0.39 is 0 Å². The van der Waals surface area contributed by atoms with Crippen LogP contribution in [0.5, 0.6) is 0 Å². The van der Waals surface area contributed by atoms with Crippen LogP contribution in [0.1, 0.15) is 23.1 Å². The molecule has 4 nitrogen and oxygen atoms in total. The largest absolute Gasteiger partial charge is 0.396 e. The Morgan fingerprint density at radius 3 is 3.00 bits per heavy atom. The van der Waals surface area contributed by atoms with Crippen LogP contribution in [0, 0.1) is 25.2 Å². The molecule has 0 saturated carbocycles. The average Bonchev–Trinajstić information content (AvgIpc) is 2.91. The lowest BCUT2D eigenvalue weighted by Gasteiger charge is -2.36. The van der Waals surface area contributed by atoms with Crippen molar-refractivity contribution in [1.82, 2.24) is 4.90 Å². The highest BCUT2D eigenvalue weighted by Crippen LogP contribution is 2.41. The fourth-order valence-corrected chi connectivity index (χ4v) is 3.76. The topological polar surface area (TPSA) is 49.8 Å². The maximum atomic E-state index is 12.7. The average molecular weight is 303 g/mol. The van der Waals surface area contributed by atoms with Crippen LogP contribution in [0.25, 0.3) is 0 Å². The van der Waals surface area contributed by atoms with Crippen LogP contribution < -0.4 is 0 Å². The van der Waals surface area contributed by atoms with Gasteiger partial charge in [0, 0.05) is 31.0 Å². The molecule has 2 aliphatic rings. The van der Waals surface area contributed by atoms with Gasteiger partial charge < -0.3 is 14.7 Å². The zero-order chi connectivity index (χ0) is 15.7. The molecule has 0 spiro atoms. The second-order valence-corrected chi connectivity index (χ2v) is 6.92. The van der Waals surface area contributed by atoms with Crippen LogP contribution in [-0.4, -0.2) is 48.8 Å². The smallest absolute Gasteiger partial charge is 0.227 e. The SMILES string of the molecule is Cc1ccc(C)c(CC(=O)N2C[C@@H]3COCC[C@]3(CO)C2)c1. The second-order valence-electron chi connectivity index (χ2n) is 6.92.